The Hall–Kier alpha value is -1.43. The maximum absolute atomic E-state index is 12.7. The van der Waals surface area contributed by atoms with Crippen LogP contribution in [-0.2, 0) is 17.8 Å². The molecule has 3 aliphatic rings. The average molecular weight is 331 g/mol. The second-order valence-corrected chi connectivity index (χ2v) is 7.67. The van der Waals surface area contributed by atoms with Crippen LogP contribution >= 0.6 is 0 Å². The molecule has 6 heteroatoms. The van der Waals surface area contributed by atoms with Crippen LogP contribution < -0.4 is 0 Å². The standard InChI is InChI=1S/C18H29N5O/c1-21-10-5-4-8-15(21)17-20-19-16-9-11-22(12-13-23(16)17)18(24)14-6-2-3-7-14/h14-15H,2-13H2,1H3. The summed E-state index contributed by atoms with van der Waals surface area (Å²) in [6.07, 6.45) is 9.14. The van der Waals surface area contributed by atoms with Crippen LogP contribution in [0.1, 0.15) is 62.6 Å². The molecular weight excluding hydrogens is 302 g/mol. The lowest BCUT2D eigenvalue weighted by atomic mass is 10.0. The minimum atomic E-state index is 0.275. The van der Waals surface area contributed by atoms with Gasteiger partial charge in [0.05, 0.1) is 6.04 Å². The number of likely N-dealkylation sites (tertiary alicyclic amines) is 1. The van der Waals surface area contributed by atoms with Gasteiger partial charge in [-0.1, -0.05) is 19.3 Å². The number of hydrogen-bond acceptors (Lipinski definition) is 4. The summed E-state index contributed by atoms with van der Waals surface area (Å²) in [6, 6.07) is 0.386. The number of carbonyl (C=O) groups excluding carboxylic acids is 1. The van der Waals surface area contributed by atoms with Gasteiger partial charge in [0.25, 0.3) is 0 Å². The van der Waals surface area contributed by atoms with E-state index in [1.54, 1.807) is 0 Å². The van der Waals surface area contributed by atoms with Crippen molar-refractivity contribution in [3.8, 4) is 0 Å². The van der Waals surface area contributed by atoms with E-state index in [9.17, 15) is 4.79 Å². The third-order valence-electron chi connectivity index (χ3n) is 6.14. The van der Waals surface area contributed by atoms with Crippen LogP contribution in [0, 0.1) is 5.92 Å². The van der Waals surface area contributed by atoms with E-state index in [1.165, 1.54) is 32.1 Å². The van der Waals surface area contributed by atoms with Crippen LogP contribution in [0.15, 0.2) is 0 Å². The van der Waals surface area contributed by atoms with Gasteiger partial charge in [0.15, 0.2) is 0 Å². The van der Waals surface area contributed by atoms with Crippen LogP contribution in [0.5, 0.6) is 0 Å². The highest BCUT2D eigenvalue weighted by atomic mass is 16.2. The number of rotatable bonds is 2. The van der Waals surface area contributed by atoms with Gasteiger partial charge in [0.1, 0.15) is 11.6 Å². The van der Waals surface area contributed by atoms with Crippen LogP contribution in [-0.4, -0.2) is 57.2 Å². The number of piperidine rings is 1. The molecule has 0 radical (unpaired) electrons. The predicted molar refractivity (Wildman–Crippen MR) is 91.5 cm³/mol. The molecule has 1 aromatic heterocycles. The zero-order valence-corrected chi connectivity index (χ0v) is 14.8. The van der Waals surface area contributed by atoms with E-state index in [-0.39, 0.29) is 5.92 Å². The number of amides is 1. The van der Waals surface area contributed by atoms with Gasteiger partial charge in [-0.05, 0) is 39.3 Å². The van der Waals surface area contributed by atoms with Gasteiger partial charge in [0, 0.05) is 32.0 Å². The smallest absolute Gasteiger partial charge is 0.225 e. The maximum Gasteiger partial charge on any atom is 0.225 e. The first-order chi connectivity index (χ1) is 11.7. The first kappa shape index (κ1) is 16.1. The quantitative estimate of drug-likeness (QED) is 0.832. The van der Waals surface area contributed by atoms with Gasteiger partial charge < -0.3 is 9.47 Å². The SMILES string of the molecule is CN1CCCCC1c1nnc2n1CCN(C(=O)C1CCCC1)CC2. The van der Waals surface area contributed by atoms with Gasteiger partial charge in [-0.2, -0.15) is 0 Å². The van der Waals surface area contributed by atoms with Crippen LogP contribution in [0.25, 0.3) is 0 Å². The molecule has 6 nitrogen and oxygen atoms in total. The lowest BCUT2D eigenvalue weighted by Gasteiger charge is -2.32. The second-order valence-electron chi connectivity index (χ2n) is 7.67. The number of hydrogen-bond donors (Lipinski definition) is 0. The van der Waals surface area contributed by atoms with Gasteiger partial charge in [-0.3, -0.25) is 9.69 Å². The molecule has 4 rings (SSSR count). The van der Waals surface area contributed by atoms with Gasteiger partial charge in [0.2, 0.25) is 5.91 Å². The molecule has 1 aromatic rings. The number of aromatic nitrogens is 3. The molecule has 0 aromatic carbocycles. The molecule has 0 bridgehead atoms. The molecular formula is C18H29N5O. The molecule has 1 aliphatic carbocycles. The fourth-order valence-corrected chi connectivity index (χ4v) is 4.64. The molecule has 1 unspecified atom stereocenters. The molecule has 1 saturated heterocycles. The monoisotopic (exact) mass is 331 g/mol. The molecule has 3 heterocycles. The minimum absolute atomic E-state index is 0.275. The third-order valence-corrected chi connectivity index (χ3v) is 6.14. The predicted octanol–water partition coefficient (Wildman–Crippen LogP) is 2.01. The van der Waals surface area contributed by atoms with Gasteiger partial charge in [-0.25, -0.2) is 0 Å². The average Bonchev–Trinajstić information content (AvgIpc) is 3.21. The summed E-state index contributed by atoms with van der Waals surface area (Å²) in [5.74, 6) is 2.83. The summed E-state index contributed by atoms with van der Waals surface area (Å²) in [6.45, 7) is 3.59. The molecule has 2 aliphatic heterocycles. The van der Waals surface area contributed by atoms with Crippen molar-refractivity contribution >= 4 is 5.91 Å². The molecule has 24 heavy (non-hydrogen) atoms. The van der Waals surface area contributed by atoms with Gasteiger partial charge in [-0.15, -0.1) is 10.2 Å². The number of fused-ring (bicyclic) bond motifs is 1. The van der Waals surface area contributed by atoms with E-state index in [0.29, 0.717) is 11.9 Å². The third kappa shape index (κ3) is 2.96. The lowest BCUT2D eigenvalue weighted by Crippen LogP contribution is -2.37. The van der Waals surface area contributed by atoms with Crippen molar-refractivity contribution in [1.29, 1.82) is 0 Å². The van der Waals surface area contributed by atoms with E-state index < -0.39 is 0 Å². The van der Waals surface area contributed by atoms with E-state index in [2.05, 4.69) is 31.6 Å². The topological polar surface area (TPSA) is 54.3 Å². The molecule has 1 atom stereocenters. The highest BCUT2D eigenvalue weighted by Gasteiger charge is 2.31. The molecule has 1 amide bonds. The van der Waals surface area contributed by atoms with E-state index in [0.717, 1.165) is 57.1 Å². The van der Waals surface area contributed by atoms with Gasteiger partial charge >= 0.3 is 0 Å². The number of carbonyl (C=O) groups is 1. The summed E-state index contributed by atoms with van der Waals surface area (Å²) in [4.78, 5) is 17.2. The van der Waals surface area contributed by atoms with E-state index in [4.69, 9.17) is 0 Å². The molecule has 2 fully saturated rings. The highest BCUT2D eigenvalue weighted by molar-refractivity contribution is 5.79. The van der Waals surface area contributed by atoms with Crippen molar-refractivity contribution in [3.63, 3.8) is 0 Å². The first-order valence-corrected chi connectivity index (χ1v) is 9.65. The van der Waals surface area contributed by atoms with E-state index >= 15 is 0 Å². The summed E-state index contributed by atoms with van der Waals surface area (Å²) >= 11 is 0. The number of nitrogens with zero attached hydrogens (tertiary/aromatic N) is 5. The highest BCUT2D eigenvalue weighted by Crippen LogP contribution is 2.30. The normalized spacial score (nSPS) is 26.4. The molecule has 0 spiro atoms. The zero-order chi connectivity index (χ0) is 16.5. The van der Waals surface area contributed by atoms with Crippen molar-refractivity contribution in [2.75, 3.05) is 26.7 Å². The molecule has 132 valence electrons. The van der Waals surface area contributed by atoms with Crippen molar-refractivity contribution in [1.82, 2.24) is 24.6 Å². The summed E-state index contributed by atoms with van der Waals surface area (Å²) in [7, 11) is 2.19. The Bertz CT molecular complexity index is 592. The van der Waals surface area contributed by atoms with Crippen molar-refractivity contribution in [2.45, 2.75) is 64.0 Å². The summed E-state index contributed by atoms with van der Waals surface area (Å²) < 4.78 is 2.30. The maximum atomic E-state index is 12.7. The van der Waals surface area contributed by atoms with E-state index in [1.807, 2.05) is 0 Å². The largest absolute Gasteiger partial charge is 0.340 e. The summed E-state index contributed by atoms with van der Waals surface area (Å²) in [5.41, 5.74) is 0. The Labute approximate surface area is 144 Å². The Morgan fingerprint density at radius 3 is 2.54 bits per heavy atom. The van der Waals surface area contributed by atoms with Crippen molar-refractivity contribution in [3.05, 3.63) is 11.6 Å². The second kappa shape index (κ2) is 6.82. The zero-order valence-electron chi connectivity index (χ0n) is 14.8. The first-order valence-electron chi connectivity index (χ1n) is 9.65. The fourth-order valence-electron chi connectivity index (χ4n) is 4.64. The van der Waals surface area contributed by atoms with Crippen LogP contribution in [0.3, 0.4) is 0 Å². The lowest BCUT2D eigenvalue weighted by molar-refractivity contribution is -0.135. The Kier molecular flexibility index (Phi) is 4.57. The van der Waals surface area contributed by atoms with Crippen molar-refractivity contribution in [2.24, 2.45) is 5.92 Å². The van der Waals surface area contributed by atoms with Crippen LogP contribution in [0.4, 0.5) is 0 Å². The molecule has 1 saturated carbocycles. The summed E-state index contributed by atoms with van der Waals surface area (Å²) in [5, 5.41) is 8.99. The van der Waals surface area contributed by atoms with Crippen molar-refractivity contribution < 1.29 is 4.79 Å². The Morgan fingerprint density at radius 1 is 0.958 bits per heavy atom. The minimum Gasteiger partial charge on any atom is -0.340 e. The molecule has 0 N–H and O–H groups in total. The van der Waals surface area contributed by atoms with Crippen LogP contribution in [0.2, 0.25) is 0 Å². The Balaban J connectivity index is 1.48. The fraction of sp³-hybridized carbons (Fsp3) is 0.833. The Morgan fingerprint density at radius 2 is 1.75 bits per heavy atom.